The molecule has 8 heteroatoms. The molecule has 0 aromatic carbocycles. The van der Waals surface area contributed by atoms with Crippen molar-refractivity contribution in [3.05, 3.63) is 25.3 Å². The van der Waals surface area contributed by atoms with E-state index in [1.807, 2.05) is 0 Å². The summed E-state index contributed by atoms with van der Waals surface area (Å²) in [7, 11) is -3.12. The van der Waals surface area contributed by atoms with E-state index in [2.05, 4.69) is 20.1 Å². The van der Waals surface area contributed by atoms with Gasteiger partial charge in [-0.05, 0) is 44.9 Å². The van der Waals surface area contributed by atoms with Crippen molar-refractivity contribution in [3.8, 4) is 0 Å². The Hall–Kier alpha value is -1.43. The summed E-state index contributed by atoms with van der Waals surface area (Å²) in [4.78, 5) is 22.0. The first-order valence-electron chi connectivity index (χ1n) is 11.4. The Morgan fingerprint density at radius 3 is 1.55 bits per heavy atom. The molecule has 0 aliphatic rings. The average molecular weight is 461 g/mol. The molecule has 0 saturated carbocycles. The molecule has 0 heterocycles. The molecule has 0 spiro atoms. The number of carbonyl (C=O) groups excluding carboxylic acids is 2. The van der Waals surface area contributed by atoms with Crippen molar-refractivity contribution in [1.29, 1.82) is 0 Å². The zero-order valence-corrected chi connectivity index (χ0v) is 20.1. The van der Waals surface area contributed by atoms with Crippen molar-refractivity contribution < 1.29 is 32.7 Å². The average Bonchev–Trinajstić information content (AvgIpc) is 2.77. The van der Waals surface area contributed by atoms with Gasteiger partial charge in [0.25, 0.3) is 0 Å². The fraction of sp³-hybridized carbons (Fsp3) is 0.739. The predicted molar refractivity (Wildman–Crippen MR) is 123 cm³/mol. The minimum Gasteiger partial charge on any atom is -0.463 e. The first kappa shape index (κ1) is 29.6. The van der Waals surface area contributed by atoms with Crippen LogP contribution in [0.3, 0.4) is 0 Å². The second kappa shape index (κ2) is 20.5. The molecule has 0 amide bonds. The second-order valence-electron chi connectivity index (χ2n) is 7.28. The number of hydrogen-bond donors (Lipinski definition) is 0. The fourth-order valence-corrected chi connectivity index (χ4v) is 4.47. The predicted octanol–water partition coefficient (Wildman–Crippen LogP) is 5.98. The van der Waals surface area contributed by atoms with Crippen molar-refractivity contribution in [2.75, 3.05) is 32.6 Å². The molecule has 0 aromatic heterocycles. The summed E-state index contributed by atoms with van der Waals surface area (Å²) < 4.78 is 34.3. The van der Waals surface area contributed by atoms with Crippen molar-refractivity contribution in [2.24, 2.45) is 0 Å². The van der Waals surface area contributed by atoms with Crippen LogP contribution in [-0.4, -0.2) is 44.5 Å². The van der Waals surface area contributed by atoms with Gasteiger partial charge < -0.3 is 18.5 Å². The molecule has 0 aromatic rings. The minimum atomic E-state index is -3.12. The fourth-order valence-electron chi connectivity index (χ4n) is 2.71. The Morgan fingerprint density at radius 2 is 1.10 bits per heavy atom. The molecule has 0 aliphatic heterocycles. The Labute approximate surface area is 188 Å². The maximum Gasteiger partial charge on any atom is 0.330 e. The monoisotopic (exact) mass is 460 g/mol. The normalized spacial score (nSPS) is 11.1. The summed E-state index contributed by atoms with van der Waals surface area (Å²) in [5.41, 5.74) is 0. The first-order chi connectivity index (χ1) is 15.0. The van der Waals surface area contributed by atoms with Gasteiger partial charge in [0.05, 0.1) is 32.6 Å². The van der Waals surface area contributed by atoms with Gasteiger partial charge in [-0.2, -0.15) is 0 Å². The van der Waals surface area contributed by atoms with Crippen molar-refractivity contribution in [2.45, 2.75) is 77.6 Å². The lowest BCUT2D eigenvalue weighted by molar-refractivity contribution is -0.138. The molecule has 7 nitrogen and oxygen atoms in total. The van der Waals surface area contributed by atoms with Gasteiger partial charge in [0.2, 0.25) is 0 Å². The summed E-state index contributed by atoms with van der Waals surface area (Å²) in [6.07, 6.45) is 12.6. The summed E-state index contributed by atoms with van der Waals surface area (Å²) in [6, 6.07) is 0. The van der Waals surface area contributed by atoms with Crippen LogP contribution in [0.2, 0.25) is 0 Å². The van der Waals surface area contributed by atoms with E-state index in [1.54, 1.807) is 0 Å². The number of rotatable bonds is 22. The molecule has 0 N–H and O–H groups in total. The van der Waals surface area contributed by atoms with Crippen LogP contribution in [0.15, 0.2) is 25.3 Å². The molecule has 0 saturated heterocycles. The number of ether oxygens (including phenoxy) is 2. The molecule has 31 heavy (non-hydrogen) atoms. The Balaban J connectivity index is 4.13. The van der Waals surface area contributed by atoms with Crippen LogP contribution in [-0.2, 0) is 32.7 Å². The summed E-state index contributed by atoms with van der Waals surface area (Å²) in [5.74, 6) is -0.841. The van der Waals surface area contributed by atoms with Crippen LogP contribution < -0.4 is 0 Å². The maximum atomic E-state index is 13.1. The molecule has 0 fully saturated rings. The Morgan fingerprint density at radius 1 is 0.677 bits per heavy atom. The zero-order valence-electron chi connectivity index (χ0n) is 19.2. The van der Waals surface area contributed by atoms with E-state index < -0.39 is 19.5 Å². The Kier molecular flexibility index (Phi) is 19.5. The number of unbranched alkanes of at least 4 members (excludes halogenated alkanes) is 8. The summed E-state index contributed by atoms with van der Waals surface area (Å²) >= 11 is 0. The molecule has 180 valence electrons. The lowest BCUT2D eigenvalue weighted by Crippen LogP contribution is -2.05. The SMILES string of the molecule is C=CC(=O)OCCCCCOP(=O)(CCCCCCC)OCCCCCOC(=O)C=C. The van der Waals surface area contributed by atoms with E-state index in [1.165, 1.54) is 6.42 Å². The smallest absolute Gasteiger partial charge is 0.330 e. The topological polar surface area (TPSA) is 88.1 Å². The minimum absolute atomic E-state index is 0.346. The molecular formula is C23H41O7P. The van der Waals surface area contributed by atoms with E-state index in [-0.39, 0.29) is 0 Å². The second-order valence-corrected chi connectivity index (χ2v) is 9.47. The quantitative estimate of drug-likeness (QED) is 0.0849. The van der Waals surface area contributed by atoms with Gasteiger partial charge in [0.1, 0.15) is 0 Å². The van der Waals surface area contributed by atoms with Gasteiger partial charge in [-0.15, -0.1) is 0 Å². The molecule has 0 radical (unpaired) electrons. The lowest BCUT2D eigenvalue weighted by Gasteiger charge is -2.19. The molecule has 0 rings (SSSR count). The van der Waals surface area contributed by atoms with Crippen LogP contribution in [0.1, 0.15) is 77.6 Å². The molecule has 0 unspecified atom stereocenters. The highest BCUT2D eigenvalue weighted by Gasteiger charge is 2.23. The van der Waals surface area contributed by atoms with E-state index in [0.29, 0.717) is 32.6 Å². The van der Waals surface area contributed by atoms with Crippen LogP contribution >= 0.6 is 7.60 Å². The third-order valence-corrected chi connectivity index (χ3v) is 6.53. The van der Waals surface area contributed by atoms with Gasteiger partial charge in [-0.1, -0.05) is 45.8 Å². The van der Waals surface area contributed by atoms with Gasteiger partial charge >= 0.3 is 19.5 Å². The third kappa shape index (κ3) is 19.0. The number of carbonyl (C=O) groups is 2. The van der Waals surface area contributed by atoms with Crippen LogP contribution in [0.5, 0.6) is 0 Å². The molecule has 0 aliphatic carbocycles. The largest absolute Gasteiger partial charge is 0.463 e. The van der Waals surface area contributed by atoms with E-state index in [0.717, 1.165) is 76.4 Å². The lowest BCUT2D eigenvalue weighted by atomic mass is 10.2. The van der Waals surface area contributed by atoms with Crippen molar-refractivity contribution in [1.82, 2.24) is 0 Å². The standard InChI is InChI=1S/C23H41O7P/c1-4-7-8-9-16-21-31(26,29-19-14-10-12-17-27-22(24)5-2)30-20-15-11-13-18-28-23(25)6-3/h5-6H,2-4,7-21H2,1H3. The van der Waals surface area contributed by atoms with Crippen molar-refractivity contribution in [3.63, 3.8) is 0 Å². The number of esters is 2. The van der Waals surface area contributed by atoms with Gasteiger partial charge in [-0.25, -0.2) is 9.59 Å². The third-order valence-electron chi connectivity index (χ3n) is 4.51. The number of hydrogen-bond acceptors (Lipinski definition) is 7. The summed E-state index contributed by atoms with van der Waals surface area (Å²) in [5, 5.41) is 0. The van der Waals surface area contributed by atoms with E-state index in [4.69, 9.17) is 18.5 Å². The van der Waals surface area contributed by atoms with Crippen LogP contribution in [0.25, 0.3) is 0 Å². The van der Waals surface area contributed by atoms with E-state index in [9.17, 15) is 14.2 Å². The molecule has 0 bridgehead atoms. The molecule has 0 atom stereocenters. The molecular weight excluding hydrogens is 419 g/mol. The highest BCUT2D eigenvalue weighted by Crippen LogP contribution is 2.49. The highest BCUT2D eigenvalue weighted by molar-refractivity contribution is 7.53. The van der Waals surface area contributed by atoms with Gasteiger partial charge in [-0.3, -0.25) is 4.57 Å². The zero-order chi connectivity index (χ0) is 23.2. The van der Waals surface area contributed by atoms with Crippen molar-refractivity contribution >= 4 is 19.5 Å². The van der Waals surface area contributed by atoms with Crippen LogP contribution in [0, 0.1) is 0 Å². The Bertz CT molecular complexity index is 510. The highest BCUT2D eigenvalue weighted by atomic mass is 31.2. The van der Waals surface area contributed by atoms with E-state index >= 15 is 0 Å². The van der Waals surface area contributed by atoms with Gasteiger partial charge in [0, 0.05) is 12.2 Å². The summed E-state index contributed by atoms with van der Waals surface area (Å²) in [6.45, 7) is 10.3. The van der Waals surface area contributed by atoms with Gasteiger partial charge in [0.15, 0.2) is 0 Å². The first-order valence-corrected chi connectivity index (χ1v) is 13.2. The van der Waals surface area contributed by atoms with Crippen LogP contribution in [0.4, 0.5) is 0 Å². The maximum absolute atomic E-state index is 13.1.